The molecule has 2 aromatic rings. The summed E-state index contributed by atoms with van der Waals surface area (Å²) in [6.07, 6.45) is 3.34. The number of para-hydroxylation sites is 2. The van der Waals surface area contributed by atoms with Gasteiger partial charge in [0.25, 0.3) is 5.91 Å². The van der Waals surface area contributed by atoms with Gasteiger partial charge >= 0.3 is 5.97 Å². The third-order valence-electron chi connectivity index (χ3n) is 2.93. The quantitative estimate of drug-likeness (QED) is 0.841. The van der Waals surface area contributed by atoms with E-state index in [4.69, 9.17) is 4.74 Å². The summed E-state index contributed by atoms with van der Waals surface area (Å²) in [7, 11) is 0. The van der Waals surface area contributed by atoms with Gasteiger partial charge in [-0.05, 0) is 25.0 Å². The maximum absolute atomic E-state index is 11.8. The molecule has 102 valence electrons. The van der Waals surface area contributed by atoms with E-state index in [-0.39, 0.29) is 24.2 Å². The third-order valence-corrected chi connectivity index (χ3v) is 2.93. The molecule has 3 rings (SSSR count). The zero-order chi connectivity index (χ0) is 13.9. The summed E-state index contributed by atoms with van der Waals surface area (Å²) in [6.45, 7) is -0.288. The van der Waals surface area contributed by atoms with Crippen LogP contribution >= 0.6 is 0 Å². The van der Waals surface area contributed by atoms with E-state index in [0.717, 1.165) is 12.8 Å². The van der Waals surface area contributed by atoms with E-state index in [2.05, 4.69) is 15.3 Å². The Labute approximate surface area is 115 Å². The monoisotopic (exact) mass is 271 g/mol. The normalized spacial score (nSPS) is 14.0. The van der Waals surface area contributed by atoms with Crippen molar-refractivity contribution in [3.05, 3.63) is 36.2 Å². The van der Waals surface area contributed by atoms with Crippen molar-refractivity contribution in [2.75, 3.05) is 6.61 Å². The van der Waals surface area contributed by atoms with E-state index in [9.17, 15) is 9.59 Å². The lowest BCUT2D eigenvalue weighted by atomic mass is 10.3. The molecule has 1 saturated carbocycles. The predicted octanol–water partition coefficient (Wildman–Crippen LogP) is 1.07. The van der Waals surface area contributed by atoms with Gasteiger partial charge in [0.1, 0.15) is 0 Å². The van der Waals surface area contributed by atoms with Gasteiger partial charge < -0.3 is 10.1 Å². The number of nitrogens with one attached hydrogen (secondary N) is 1. The maximum atomic E-state index is 11.8. The number of rotatable bonds is 4. The van der Waals surface area contributed by atoms with Crippen molar-refractivity contribution in [3.8, 4) is 0 Å². The summed E-state index contributed by atoms with van der Waals surface area (Å²) in [5.41, 5.74) is 1.42. The highest BCUT2D eigenvalue weighted by Gasteiger charge is 2.23. The van der Waals surface area contributed by atoms with E-state index < -0.39 is 5.97 Å². The van der Waals surface area contributed by atoms with E-state index >= 15 is 0 Å². The molecule has 0 unspecified atom stereocenters. The van der Waals surface area contributed by atoms with Crippen LogP contribution in [0.2, 0.25) is 0 Å². The number of nitrogens with zero attached hydrogens (tertiary/aromatic N) is 2. The third kappa shape index (κ3) is 2.90. The van der Waals surface area contributed by atoms with E-state index in [1.54, 1.807) is 12.1 Å². The smallest absolute Gasteiger partial charge is 0.359 e. The Morgan fingerprint density at radius 2 is 2.00 bits per heavy atom. The van der Waals surface area contributed by atoms with Crippen molar-refractivity contribution >= 4 is 22.9 Å². The minimum atomic E-state index is -0.644. The number of hydrogen-bond acceptors (Lipinski definition) is 5. The highest BCUT2D eigenvalue weighted by molar-refractivity contribution is 5.91. The fraction of sp³-hybridized carbons (Fsp3) is 0.286. The van der Waals surface area contributed by atoms with Crippen molar-refractivity contribution < 1.29 is 14.3 Å². The lowest BCUT2D eigenvalue weighted by Gasteiger charge is -2.05. The second-order valence-corrected chi connectivity index (χ2v) is 4.66. The summed E-state index contributed by atoms with van der Waals surface area (Å²) in [5.74, 6) is -0.927. The largest absolute Gasteiger partial charge is 0.451 e. The number of ether oxygens (including phenoxy) is 1. The van der Waals surface area contributed by atoms with Gasteiger partial charge in [0.15, 0.2) is 12.3 Å². The van der Waals surface area contributed by atoms with Crippen LogP contribution in [0.4, 0.5) is 0 Å². The van der Waals surface area contributed by atoms with Crippen molar-refractivity contribution in [1.82, 2.24) is 15.3 Å². The molecule has 0 radical (unpaired) electrons. The van der Waals surface area contributed by atoms with Crippen molar-refractivity contribution in [2.45, 2.75) is 18.9 Å². The first kappa shape index (κ1) is 12.5. The number of carbonyl (C=O) groups excluding carboxylic acids is 2. The molecule has 1 heterocycles. The Morgan fingerprint density at radius 3 is 2.75 bits per heavy atom. The van der Waals surface area contributed by atoms with Gasteiger partial charge in [0, 0.05) is 6.04 Å². The van der Waals surface area contributed by atoms with Gasteiger partial charge in [-0.1, -0.05) is 12.1 Å². The second-order valence-electron chi connectivity index (χ2n) is 4.66. The minimum Gasteiger partial charge on any atom is -0.451 e. The van der Waals surface area contributed by atoms with Crippen molar-refractivity contribution in [2.24, 2.45) is 0 Å². The van der Waals surface area contributed by atoms with Crippen LogP contribution in [-0.2, 0) is 9.53 Å². The SMILES string of the molecule is O=C(COC(=O)c1cnc2ccccc2n1)NC1CC1. The summed E-state index contributed by atoms with van der Waals surface area (Å²) in [6, 6.07) is 7.48. The van der Waals surface area contributed by atoms with E-state index in [1.165, 1.54) is 6.20 Å². The highest BCUT2D eigenvalue weighted by atomic mass is 16.5. The molecular weight excluding hydrogens is 258 g/mol. The molecule has 0 atom stereocenters. The molecule has 1 aliphatic carbocycles. The van der Waals surface area contributed by atoms with Crippen LogP contribution in [0, 0.1) is 0 Å². The highest BCUT2D eigenvalue weighted by Crippen LogP contribution is 2.18. The lowest BCUT2D eigenvalue weighted by Crippen LogP contribution is -2.30. The molecule has 6 heteroatoms. The van der Waals surface area contributed by atoms with Gasteiger partial charge in [-0.3, -0.25) is 9.78 Å². The first-order valence-electron chi connectivity index (χ1n) is 6.40. The van der Waals surface area contributed by atoms with Crippen LogP contribution in [-0.4, -0.2) is 34.5 Å². The number of esters is 1. The molecule has 1 aliphatic rings. The molecule has 0 bridgehead atoms. The van der Waals surface area contributed by atoms with Crippen LogP contribution in [0.15, 0.2) is 30.5 Å². The van der Waals surface area contributed by atoms with E-state index in [0.29, 0.717) is 11.0 Å². The number of amides is 1. The summed E-state index contributed by atoms with van der Waals surface area (Å²) in [5, 5.41) is 2.74. The lowest BCUT2D eigenvalue weighted by molar-refractivity contribution is -0.124. The van der Waals surface area contributed by atoms with Crippen molar-refractivity contribution in [3.63, 3.8) is 0 Å². The average molecular weight is 271 g/mol. The summed E-state index contributed by atoms with van der Waals surface area (Å²) in [4.78, 5) is 31.5. The molecule has 1 N–H and O–H groups in total. The van der Waals surface area contributed by atoms with Gasteiger partial charge in [0.05, 0.1) is 17.2 Å². The maximum Gasteiger partial charge on any atom is 0.359 e. The zero-order valence-corrected chi connectivity index (χ0v) is 10.7. The van der Waals surface area contributed by atoms with Crippen LogP contribution < -0.4 is 5.32 Å². The average Bonchev–Trinajstić information content (AvgIpc) is 3.28. The Hall–Kier alpha value is -2.50. The molecule has 0 aliphatic heterocycles. The molecule has 6 nitrogen and oxygen atoms in total. The summed E-state index contributed by atoms with van der Waals surface area (Å²) < 4.78 is 4.91. The van der Waals surface area contributed by atoms with Crippen LogP contribution in [0.25, 0.3) is 11.0 Å². The topological polar surface area (TPSA) is 81.2 Å². The van der Waals surface area contributed by atoms with Crippen LogP contribution in [0.1, 0.15) is 23.3 Å². The molecular formula is C14H13N3O3. The number of aromatic nitrogens is 2. The number of hydrogen-bond donors (Lipinski definition) is 1. The first-order chi connectivity index (χ1) is 9.72. The Kier molecular flexibility index (Phi) is 3.28. The summed E-state index contributed by atoms with van der Waals surface area (Å²) >= 11 is 0. The molecule has 1 aromatic carbocycles. The second kappa shape index (κ2) is 5.24. The van der Waals surface area contributed by atoms with Crippen LogP contribution in [0.5, 0.6) is 0 Å². The van der Waals surface area contributed by atoms with Gasteiger partial charge in [-0.25, -0.2) is 9.78 Å². The molecule has 1 aromatic heterocycles. The Morgan fingerprint density at radius 1 is 1.25 bits per heavy atom. The van der Waals surface area contributed by atoms with Gasteiger partial charge in [-0.2, -0.15) is 0 Å². The first-order valence-corrected chi connectivity index (χ1v) is 6.40. The van der Waals surface area contributed by atoms with Crippen LogP contribution in [0.3, 0.4) is 0 Å². The standard InChI is InChI=1S/C14H13N3O3/c18-13(16-9-5-6-9)8-20-14(19)12-7-15-10-3-1-2-4-11(10)17-12/h1-4,7,9H,5-6,8H2,(H,16,18). The fourth-order valence-corrected chi connectivity index (χ4v) is 1.76. The van der Waals surface area contributed by atoms with Crippen molar-refractivity contribution in [1.29, 1.82) is 0 Å². The Balaban J connectivity index is 1.63. The molecule has 1 fully saturated rings. The molecule has 0 spiro atoms. The Bertz CT molecular complexity index is 668. The number of carbonyl (C=O) groups is 2. The fourth-order valence-electron chi connectivity index (χ4n) is 1.76. The predicted molar refractivity (Wildman–Crippen MR) is 71.0 cm³/mol. The zero-order valence-electron chi connectivity index (χ0n) is 10.7. The number of fused-ring (bicyclic) bond motifs is 1. The van der Waals surface area contributed by atoms with Gasteiger partial charge in [0.2, 0.25) is 0 Å². The molecule has 1 amide bonds. The minimum absolute atomic E-state index is 0.0999. The molecule has 0 saturated heterocycles. The van der Waals surface area contributed by atoms with Gasteiger partial charge in [-0.15, -0.1) is 0 Å². The number of benzene rings is 1. The molecule has 20 heavy (non-hydrogen) atoms. The van der Waals surface area contributed by atoms with E-state index in [1.807, 2.05) is 12.1 Å².